The largest absolute Gasteiger partial charge is 0.356 e. The molecule has 1 aromatic carbocycles. The molecule has 1 amide bonds. The molecular formula is C16H25N2OP. The summed E-state index contributed by atoms with van der Waals surface area (Å²) >= 11 is 0. The molecule has 0 saturated carbocycles. The van der Waals surface area contributed by atoms with Crippen molar-refractivity contribution in [1.82, 2.24) is 10.2 Å². The average Bonchev–Trinajstić information content (AvgIpc) is 2.87. The maximum atomic E-state index is 12.1. The van der Waals surface area contributed by atoms with E-state index in [9.17, 15) is 4.79 Å². The Morgan fingerprint density at radius 1 is 1.45 bits per heavy atom. The third-order valence-electron chi connectivity index (χ3n) is 3.78. The highest BCUT2D eigenvalue weighted by molar-refractivity contribution is 7.27. The summed E-state index contributed by atoms with van der Waals surface area (Å²) in [5.74, 6) is 0.895. The highest BCUT2D eigenvalue weighted by atomic mass is 31.0. The third kappa shape index (κ3) is 4.29. The van der Waals surface area contributed by atoms with Gasteiger partial charge >= 0.3 is 0 Å². The molecule has 1 saturated heterocycles. The zero-order chi connectivity index (χ0) is 14.5. The smallest absolute Gasteiger partial charge is 0.224 e. The molecule has 2 rings (SSSR count). The minimum absolute atomic E-state index is 0.158. The van der Waals surface area contributed by atoms with Gasteiger partial charge in [-0.1, -0.05) is 38.1 Å². The van der Waals surface area contributed by atoms with Gasteiger partial charge in [0, 0.05) is 19.6 Å². The lowest BCUT2D eigenvalue weighted by atomic mass is 10.1. The van der Waals surface area contributed by atoms with Gasteiger partial charge in [-0.2, -0.15) is 0 Å². The van der Waals surface area contributed by atoms with Crippen molar-refractivity contribution in [2.75, 3.05) is 19.6 Å². The van der Waals surface area contributed by atoms with Gasteiger partial charge in [-0.05, 0) is 29.8 Å². The molecule has 1 heterocycles. The molecule has 0 aliphatic carbocycles. The maximum Gasteiger partial charge on any atom is 0.224 e. The molecule has 1 aliphatic heterocycles. The fourth-order valence-corrected chi connectivity index (χ4v) is 2.86. The predicted octanol–water partition coefficient (Wildman–Crippen LogP) is 1.78. The van der Waals surface area contributed by atoms with Gasteiger partial charge < -0.3 is 5.32 Å². The van der Waals surface area contributed by atoms with E-state index in [1.165, 1.54) is 10.9 Å². The Balaban J connectivity index is 1.83. The van der Waals surface area contributed by atoms with Crippen LogP contribution in [-0.4, -0.2) is 30.4 Å². The Morgan fingerprint density at radius 3 is 2.90 bits per heavy atom. The molecule has 20 heavy (non-hydrogen) atoms. The van der Waals surface area contributed by atoms with Crippen molar-refractivity contribution in [2.24, 2.45) is 11.8 Å². The van der Waals surface area contributed by atoms with Crippen LogP contribution in [0.25, 0.3) is 0 Å². The monoisotopic (exact) mass is 292 g/mol. The SMILES string of the molecule is CC(C)CNC(=O)C1CCN(Cc2ccccc2P)C1. The molecule has 4 heteroatoms. The Labute approximate surface area is 124 Å². The number of carbonyl (C=O) groups excluding carboxylic acids is 1. The Morgan fingerprint density at radius 2 is 2.20 bits per heavy atom. The number of nitrogens with one attached hydrogen (secondary N) is 1. The van der Waals surface area contributed by atoms with Crippen LogP contribution in [0, 0.1) is 11.8 Å². The second-order valence-corrected chi connectivity index (χ2v) is 6.68. The normalized spacial score (nSPS) is 19.5. The summed E-state index contributed by atoms with van der Waals surface area (Å²) in [6.07, 6.45) is 0.975. The highest BCUT2D eigenvalue weighted by Crippen LogP contribution is 2.19. The first-order chi connectivity index (χ1) is 9.56. The zero-order valence-electron chi connectivity index (χ0n) is 12.4. The lowest BCUT2D eigenvalue weighted by molar-refractivity contribution is -0.124. The number of carbonyl (C=O) groups is 1. The summed E-state index contributed by atoms with van der Waals surface area (Å²) < 4.78 is 0. The standard InChI is InChI=1S/C16H25N2OP/c1-12(2)9-17-16(19)14-7-8-18(11-14)10-13-5-3-4-6-15(13)20/h3-6,12,14H,7-11,20H2,1-2H3,(H,17,19). The van der Waals surface area contributed by atoms with Crippen LogP contribution in [0.4, 0.5) is 0 Å². The van der Waals surface area contributed by atoms with E-state index in [4.69, 9.17) is 0 Å². The first kappa shape index (κ1) is 15.5. The first-order valence-electron chi connectivity index (χ1n) is 7.39. The number of hydrogen-bond donors (Lipinski definition) is 1. The van der Waals surface area contributed by atoms with Crippen LogP contribution < -0.4 is 10.6 Å². The van der Waals surface area contributed by atoms with Crippen LogP contribution in [0.15, 0.2) is 24.3 Å². The fraction of sp³-hybridized carbons (Fsp3) is 0.562. The first-order valence-corrected chi connectivity index (χ1v) is 7.97. The van der Waals surface area contributed by atoms with Crippen LogP contribution in [0.3, 0.4) is 0 Å². The maximum absolute atomic E-state index is 12.1. The van der Waals surface area contributed by atoms with Gasteiger partial charge in [-0.3, -0.25) is 9.69 Å². The van der Waals surface area contributed by atoms with Gasteiger partial charge in [-0.15, -0.1) is 9.24 Å². The Kier molecular flexibility index (Phi) is 5.56. The number of hydrogen-bond acceptors (Lipinski definition) is 2. The summed E-state index contributed by atoms with van der Waals surface area (Å²) in [5.41, 5.74) is 1.33. The second kappa shape index (κ2) is 7.19. The Hall–Kier alpha value is -0.920. The molecule has 3 nitrogen and oxygen atoms in total. The molecule has 1 fully saturated rings. The van der Waals surface area contributed by atoms with E-state index in [1.54, 1.807) is 0 Å². The second-order valence-electron chi connectivity index (χ2n) is 6.06. The van der Waals surface area contributed by atoms with Crippen molar-refractivity contribution in [1.29, 1.82) is 0 Å². The van der Waals surface area contributed by atoms with E-state index in [2.05, 4.69) is 57.6 Å². The molecule has 0 aromatic heterocycles. The molecule has 0 bridgehead atoms. The van der Waals surface area contributed by atoms with Crippen molar-refractivity contribution in [3.63, 3.8) is 0 Å². The fourth-order valence-electron chi connectivity index (χ4n) is 2.56. The number of benzene rings is 1. The van der Waals surface area contributed by atoms with Gasteiger partial charge in [0.25, 0.3) is 0 Å². The number of amides is 1. The van der Waals surface area contributed by atoms with E-state index >= 15 is 0 Å². The quantitative estimate of drug-likeness (QED) is 0.839. The van der Waals surface area contributed by atoms with Crippen LogP contribution in [0.5, 0.6) is 0 Å². The van der Waals surface area contributed by atoms with E-state index in [1.807, 2.05) is 0 Å². The highest BCUT2D eigenvalue weighted by Gasteiger charge is 2.28. The van der Waals surface area contributed by atoms with E-state index in [0.717, 1.165) is 32.6 Å². The predicted molar refractivity (Wildman–Crippen MR) is 87.0 cm³/mol. The molecule has 2 unspecified atom stereocenters. The minimum atomic E-state index is 0.158. The van der Waals surface area contributed by atoms with Crippen LogP contribution in [-0.2, 0) is 11.3 Å². The average molecular weight is 292 g/mol. The molecular weight excluding hydrogens is 267 g/mol. The third-order valence-corrected chi connectivity index (χ3v) is 4.34. The summed E-state index contributed by atoms with van der Waals surface area (Å²) in [7, 11) is 2.79. The molecule has 0 spiro atoms. The van der Waals surface area contributed by atoms with Crippen LogP contribution >= 0.6 is 9.24 Å². The van der Waals surface area contributed by atoms with Crippen molar-refractivity contribution in [3.8, 4) is 0 Å². The summed E-state index contributed by atoms with van der Waals surface area (Å²) in [5, 5.41) is 4.30. The zero-order valence-corrected chi connectivity index (χ0v) is 13.6. The van der Waals surface area contributed by atoms with E-state index in [-0.39, 0.29) is 11.8 Å². The van der Waals surface area contributed by atoms with Crippen LogP contribution in [0.1, 0.15) is 25.8 Å². The van der Waals surface area contributed by atoms with E-state index < -0.39 is 0 Å². The van der Waals surface area contributed by atoms with E-state index in [0.29, 0.717) is 5.92 Å². The van der Waals surface area contributed by atoms with Crippen LogP contribution in [0.2, 0.25) is 0 Å². The van der Waals surface area contributed by atoms with Crippen molar-refractivity contribution in [2.45, 2.75) is 26.8 Å². The lowest BCUT2D eigenvalue weighted by Gasteiger charge is -2.17. The number of likely N-dealkylation sites (tertiary alicyclic amines) is 1. The molecule has 1 aliphatic rings. The molecule has 2 atom stereocenters. The molecule has 1 N–H and O–H groups in total. The van der Waals surface area contributed by atoms with Crippen molar-refractivity contribution < 1.29 is 4.79 Å². The van der Waals surface area contributed by atoms with Gasteiger partial charge in [-0.25, -0.2) is 0 Å². The Bertz CT molecular complexity index is 462. The lowest BCUT2D eigenvalue weighted by Crippen LogP contribution is -2.34. The molecule has 1 aromatic rings. The number of nitrogens with zero attached hydrogens (tertiary/aromatic N) is 1. The van der Waals surface area contributed by atoms with Gasteiger partial charge in [0.15, 0.2) is 0 Å². The number of rotatable bonds is 5. The summed E-state index contributed by atoms with van der Waals surface area (Å²) in [6, 6.07) is 8.40. The van der Waals surface area contributed by atoms with Gasteiger partial charge in [0.05, 0.1) is 5.92 Å². The van der Waals surface area contributed by atoms with Crippen molar-refractivity contribution >= 4 is 20.5 Å². The summed E-state index contributed by atoms with van der Waals surface area (Å²) in [4.78, 5) is 14.5. The topological polar surface area (TPSA) is 32.3 Å². The van der Waals surface area contributed by atoms with Gasteiger partial charge in [0.2, 0.25) is 5.91 Å². The van der Waals surface area contributed by atoms with Crippen molar-refractivity contribution in [3.05, 3.63) is 29.8 Å². The molecule has 0 radical (unpaired) electrons. The van der Waals surface area contributed by atoms with Gasteiger partial charge in [0.1, 0.15) is 0 Å². The summed E-state index contributed by atoms with van der Waals surface area (Å²) in [6.45, 7) is 7.85. The molecule has 110 valence electrons. The minimum Gasteiger partial charge on any atom is -0.356 e.